The minimum absolute atomic E-state index is 0.212. The van der Waals surface area contributed by atoms with Gasteiger partial charge in [0.05, 0.1) is 0 Å². The second kappa shape index (κ2) is 4.95. The maximum Gasteiger partial charge on any atom is 0.343 e. The second-order valence-corrected chi connectivity index (χ2v) is 5.02. The number of hydrogen-bond acceptors (Lipinski definition) is 5. The smallest absolute Gasteiger partial charge is 0.270 e. The molecular weight excluding hydrogens is 341 g/mol. The van der Waals surface area contributed by atoms with Crippen LogP contribution in [0.15, 0.2) is 27.5 Å². The lowest BCUT2D eigenvalue weighted by atomic mass is 10.7. The van der Waals surface area contributed by atoms with Gasteiger partial charge in [-0.25, -0.2) is 19.9 Å². The highest BCUT2D eigenvalue weighted by Gasteiger charge is 2.09. The Kier molecular flexibility index (Phi) is 3.59. The summed E-state index contributed by atoms with van der Waals surface area (Å²) in [7, 11) is 0. The van der Waals surface area contributed by atoms with Gasteiger partial charge in [-0.05, 0) is 41.3 Å². The van der Waals surface area contributed by atoms with E-state index in [-0.39, 0.29) is 5.69 Å². The van der Waals surface area contributed by atoms with E-state index in [9.17, 15) is 4.79 Å². The van der Waals surface area contributed by atoms with Crippen LogP contribution in [0.5, 0.6) is 0 Å². The summed E-state index contributed by atoms with van der Waals surface area (Å²) in [4.78, 5) is 19.6. The predicted molar refractivity (Wildman–Crippen MR) is 67.4 cm³/mol. The fraction of sp³-hybridized carbons (Fsp3) is 0.250. The first-order valence-corrected chi connectivity index (χ1v) is 6.41. The van der Waals surface area contributed by atoms with Gasteiger partial charge in [0.1, 0.15) is 0 Å². The Bertz CT molecular complexity index is 534. The molecule has 0 saturated heterocycles. The van der Waals surface area contributed by atoms with Crippen molar-refractivity contribution in [2.75, 3.05) is 0 Å². The molecule has 0 atom stereocenters. The molecular formula is C8H8IN5OS. The maximum atomic E-state index is 11.3. The Balaban J connectivity index is 2.27. The third-order valence-electron chi connectivity index (χ3n) is 1.82. The molecule has 0 saturated carbocycles. The van der Waals surface area contributed by atoms with Gasteiger partial charge < -0.3 is 0 Å². The van der Waals surface area contributed by atoms with Crippen LogP contribution in [0.1, 0.15) is 6.92 Å². The zero-order chi connectivity index (χ0) is 11.5. The lowest BCUT2D eigenvalue weighted by Gasteiger charge is -2.00. The van der Waals surface area contributed by atoms with Gasteiger partial charge in [-0.2, -0.15) is 0 Å². The van der Waals surface area contributed by atoms with Gasteiger partial charge in [-0.1, -0.05) is 0 Å². The number of H-pyrrole nitrogens is 1. The molecule has 0 spiro atoms. The molecule has 0 unspecified atom stereocenters. The van der Waals surface area contributed by atoms with E-state index in [1.54, 1.807) is 12.4 Å². The van der Waals surface area contributed by atoms with Crippen molar-refractivity contribution in [1.29, 1.82) is 0 Å². The lowest BCUT2D eigenvalue weighted by molar-refractivity contribution is 0.659. The van der Waals surface area contributed by atoms with Crippen molar-refractivity contribution in [2.45, 2.75) is 23.8 Å². The minimum atomic E-state index is -0.212. The molecule has 2 rings (SSSR count). The first-order chi connectivity index (χ1) is 7.70. The third kappa shape index (κ3) is 2.43. The van der Waals surface area contributed by atoms with Gasteiger partial charge in [0, 0.05) is 22.5 Å². The van der Waals surface area contributed by atoms with Crippen LogP contribution < -0.4 is 5.69 Å². The average Bonchev–Trinajstić information content (AvgIpc) is 2.63. The Labute approximate surface area is 109 Å². The van der Waals surface area contributed by atoms with Crippen LogP contribution in [0.4, 0.5) is 0 Å². The highest BCUT2D eigenvalue weighted by Crippen LogP contribution is 2.20. The van der Waals surface area contributed by atoms with Crippen LogP contribution in [-0.2, 0) is 6.54 Å². The summed E-state index contributed by atoms with van der Waals surface area (Å²) < 4.78 is 2.50. The normalized spacial score (nSPS) is 10.6. The van der Waals surface area contributed by atoms with Gasteiger partial charge in [-0.15, -0.1) is 5.10 Å². The molecule has 0 aliphatic heterocycles. The van der Waals surface area contributed by atoms with E-state index < -0.39 is 0 Å². The summed E-state index contributed by atoms with van der Waals surface area (Å²) in [6, 6.07) is 0. The van der Waals surface area contributed by atoms with E-state index in [1.807, 2.05) is 6.92 Å². The van der Waals surface area contributed by atoms with E-state index in [2.05, 4.69) is 42.8 Å². The van der Waals surface area contributed by atoms with Gasteiger partial charge >= 0.3 is 5.69 Å². The SMILES string of the molecule is CCn1c(Sc2ncc(I)cn2)n[nH]c1=O. The first kappa shape index (κ1) is 11.6. The average molecular weight is 349 g/mol. The molecule has 0 bridgehead atoms. The summed E-state index contributed by atoms with van der Waals surface area (Å²) >= 11 is 3.40. The fourth-order valence-electron chi connectivity index (χ4n) is 1.09. The molecule has 8 heteroatoms. The molecule has 0 amide bonds. The van der Waals surface area contributed by atoms with Crippen molar-refractivity contribution >= 4 is 34.4 Å². The summed E-state index contributed by atoms with van der Waals surface area (Å²) in [5, 5.41) is 7.47. The highest BCUT2D eigenvalue weighted by molar-refractivity contribution is 14.1. The summed E-state index contributed by atoms with van der Waals surface area (Å²) in [6.45, 7) is 2.46. The Morgan fingerprint density at radius 3 is 2.81 bits per heavy atom. The molecule has 0 fully saturated rings. The summed E-state index contributed by atoms with van der Waals surface area (Å²) in [5.41, 5.74) is -0.212. The predicted octanol–water partition coefficient (Wildman–Crippen LogP) is 1.14. The zero-order valence-corrected chi connectivity index (χ0v) is 11.3. The number of nitrogens with zero attached hydrogens (tertiary/aromatic N) is 4. The molecule has 84 valence electrons. The van der Waals surface area contributed by atoms with Crippen molar-refractivity contribution in [1.82, 2.24) is 24.7 Å². The van der Waals surface area contributed by atoms with E-state index >= 15 is 0 Å². The van der Waals surface area contributed by atoms with Crippen LogP contribution in [0.2, 0.25) is 0 Å². The standard InChI is InChI=1S/C8H8IN5OS/c1-2-14-7(15)12-13-8(14)16-6-10-3-5(9)4-11-6/h3-4H,2H2,1H3,(H,12,15). The highest BCUT2D eigenvalue weighted by atomic mass is 127. The molecule has 2 aromatic heterocycles. The van der Waals surface area contributed by atoms with Crippen LogP contribution in [0.25, 0.3) is 0 Å². The van der Waals surface area contributed by atoms with Gasteiger partial charge in [-0.3, -0.25) is 4.57 Å². The minimum Gasteiger partial charge on any atom is -0.270 e. The molecule has 2 heterocycles. The number of halogens is 1. The Hall–Kier alpha value is -0.900. The number of aromatic amines is 1. The van der Waals surface area contributed by atoms with Crippen molar-refractivity contribution in [3.05, 3.63) is 26.4 Å². The monoisotopic (exact) mass is 349 g/mol. The molecule has 6 nitrogen and oxygen atoms in total. The van der Waals surface area contributed by atoms with Gasteiger partial charge in [0.2, 0.25) is 0 Å². The molecule has 0 aromatic carbocycles. The third-order valence-corrected chi connectivity index (χ3v) is 3.26. The molecule has 0 aliphatic rings. The Morgan fingerprint density at radius 2 is 2.19 bits per heavy atom. The van der Waals surface area contributed by atoms with E-state index in [0.29, 0.717) is 16.9 Å². The van der Waals surface area contributed by atoms with Gasteiger partial charge in [0.25, 0.3) is 0 Å². The van der Waals surface area contributed by atoms with Crippen LogP contribution in [0, 0.1) is 3.57 Å². The number of hydrogen-bond donors (Lipinski definition) is 1. The van der Waals surface area contributed by atoms with Crippen LogP contribution in [0.3, 0.4) is 0 Å². The number of rotatable bonds is 3. The molecule has 16 heavy (non-hydrogen) atoms. The van der Waals surface area contributed by atoms with Crippen molar-refractivity contribution in [2.24, 2.45) is 0 Å². The zero-order valence-electron chi connectivity index (χ0n) is 8.35. The quantitative estimate of drug-likeness (QED) is 0.664. The molecule has 1 N–H and O–H groups in total. The fourth-order valence-corrected chi connectivity index (χ4v) is 2.16. The van der Waals surface area contributed by atoms with E-state index in [0.717, 1.165) is 3.57 Å². The van der Waals surface area contributed by atoms with E-state index in [4.69, 9.17) is 0 Å². The summed E-state index contributed by atoms with van der Waals surface area (Å²) in [5.74, 6) is 0. The first-order valence-electron chi connectivity index (χ1n) is 4.51. The maximum absolute atomic E-state index is 11.3. The molecule has 2 aromatic rings. The molecule has 0 aliphatic carbocycles. The largest absolute Gasteiger partial charge is 0.343 e. The van der Waals surface area contributed by atoms with Crippen LogP contribution in [-0.4, -0.2) is 24.7 Å². The lowest BCUT2D eigenvalue weighted by Crippen LogP contribution is -2.16. The number of nitrogens with one attached hydrogen (secondary N) is 1. The molecule has 0 radical (unpaired) electrons. The Morgan fingerprint density at radius 1 is 1.50 bits per heavy atom. The van der Waals surface area contributed by atoms with Crippen molar-refractivity contribution < 1.29 is 0 Å². The van der Waals surface area contributed by atoms with E-state index in [1.165, 1.54) is 16.3 Å². The number of aromatic nitrogens is 5. The second-order valence-electron chi connectivity index (χ2n) is 2.84. The summed E-state index contributed by atoms with van der Waals surface area (Å²) in [6.07, 6.45) is 3.44. The van der Waals surface area contributed by atoms with Crippen LogP contribution >= 0.6 is 34.4 Å². The van der Waals surface area contributed by atoms with Gasteiger partial charge in [0.15, 0.2) is 10.3 Å². The van der Waals surface area contributed by atoms with Crippen molar-refractivity contribution in [3.8, 4) is 0 Å². The van der Waals surface area contributed by atoms with Crippen molar-refractivity contribution in [3.63, 3.8) is 0 Å². The topological polar surface area (TPSA) is 76.5 Å².